The molecule has 1 saturated heterocycles. The van der Waals surface area contributed by atoms with Gasteiger partial charge in [0.2, 0.25) is 0 Å². The molecule has 0 spiro atoms. The van der Waals surface area contributed by atoms with Gasteiger partial charge in [0, 0.05) is 30.0 Å². The van der Waals surface area contributed by atoms with Gasteiger partial charge in [-0.2, -0.15) is 0 Å². The minimum atomic E-state index is -0.158. The quantitative estimate of drug-likeness (QED) is 0.415. The van der Waals surface area contributed by atoms with Gasteiger partial charge in [-0.1, -0.05) is 66.4 Å². The van der Waals surface area contributed by atoms with Gasteiger partial charge in [0.25, 0.3) is 5.91 Å². The smallest absolute Gasteiger partial charge is 0.273 e. The molecule has 0 unspecified atom stereocenters. The van der Waals surface area contributed by atoms with Crippen LogP contribution < -0.4 is 0 Å². The average Bonchev–Trinajstić information content (AvgIpc) is 3.28. The molecule has 1 fully saturated rings. The maximum atomic E-state index is 13.0. The molecule has 0 aliphatic carbocycles. The van der Waals surface area contributed by atoms with E-state index in [0.29, 0.717) is 24.3 Å². The number of rotatable bonds is 5. The molecule has 29 heavy (non-hydrogen) atoms. The first-order valence-corrected chi connectivity index (χ1v) is 11.7. The molecule has 2 aromatic carbocycles. The van der Waals surface area contributed by atoms with Gasteiger partial charge in [0.05, 0.1) is 0 Å². The molecule has 1 amide bonds. The number of benzene rings is 2. The number of carbonyl (C=O) groups excluding carboxylic acids is 2. The third-order valence-corrected chi connectivity index (χ3v) is 7.10. The van der Waals surface area contributed by atoms with Crippen LogP contribution in [0.4, 0.5) is 0 Å². The fraction of sp³-hybridized carbons (Fsp3) is 0.261. The van der Waals surface area contributed by atoms with Gasteiger partial charge in [-0.05, 0) is 30.2 Å². The second kappa shape index (κ2) is 8.93. The number of piperidine rings is 1. The van der Waals surface area contributed by atoms with Crippen LogP contribution in [0.5, 0.6) is 0 Å². The number of thiazole rings is 1. The summed E-state index contributed by atoms with van der Waals surface area (Å²) < 4.78 is 0.886. The number of likely N-dealkylation sites (tertiary alicyclic amines) is 1. The van der Waals surface area contributed by atoms with Crippen LogP contribution >= 0.6 is 23.1 Å². The van der Waals surface area contributed by atoms with Gasteiger partial charge in [-0.15, -0.1) is 11.3 Å². The van der Waals surface area contributed by atoms with Gasteiger partial charge < -0.3 is 4.90 Å². The highest BCUT2D eigenvalue weighted by molar-refractivity contribution is 8.00. The van der Waals surface area contributed by atoms with Gasteiger partial charge in [0.1, 0.15) is 10.0 Å². The normalized spacial score (nSPS) is 16.6. The maximum Gasteiger partial charge on any atom is 0.273 e. The third-order valence-electron chi connectivity index (χ3n) is 5.23. The summed E-state index contributed by atoms with van der Waals surface area (Å²) in [4.78, 5) is 32.0. The molecule has 0 radical (unpaired) electrons. The van der Waals surface area contributed by atoms with E-state index in [0.717, 1.165) is 28.3 Å². The number of ketones is 1. The van der Waals surface area contributed by atoms with Crippen molar-refractivity contribution in [2.45, 2.75) is 17.2 Å². The van der Waals surface area contributed by atoms with Gasteiger partial charge in [-0.3, -0.25) is 9.59 Å². The maximum absolute atomic E-state index is 13.0. The highest BCUT2D eigenvalue weighted by atomic mass is 32.2. The van der Waals surface area contributed by atoms with Crippen molar-refractivity contribution in [3.8, 4) is 11.1 Å². The Bertz CT molecular complexity index is 999. The van der Waals surface area contributed by atoms with E-state index in [-0.39, 0.29) is 17.6 Å². The number of Topliss-reactive ketones (excluding diaryl/α,β-unsaturated/α-hetero) is 1. The summed E-state index contributed by atoms with van der Waals surface area (Å²) in [6.45, 7) is 1.14. The van der Waals surface area contributed by atoms with E-state index in [9.17, 15) is 9.59 Å². The molecule has 4 rings (SSSR count). The molecule has 2 heterocycles. The van der Waals surface area contributed by atoms with Gasteiger partial charge in [-0.25, -0.2) is 4.98 Å². The summed E-state index contributed by atoms with van der Waals surface area (Å²) in [5.41, 5.74) is 3.42. The Hall–Kier alpha value is -2.44. The zero-order valence-corrected chi connectivity index (χ0v) is 17.8. The van der Waals surface area contributed by atoms with E-state index in [2.05, 4.69) is 17.1 Å². The highest BCUT2D eigenvalue weighted by Crippen LogP contribution is 2.26. The van der Waals surface area contributed by atoms with Crippen LogP contribution in [-0.2, 0) is 0 Å². The number of carbonyl (C=O) groups is 2. The highest BCUT2D eigenvalue weighted by Gasteiger charge is 2.30. The zero-order valence-electron chi connectivity index (χ0n) is 16.2. The van der Waals surface area contributed by atoms with Gasteiger partial charge in [0.15, 0.2) is 5.78 Å². The molecule has 4 nitrogen and oxygen atoms in total. The van der Waals surface area contributed by atoms with Crippen LogP contribution in [0.1, 0.15) is 33.7 Å². The molecule has 0 bridgehead atoms. The molecule has 3 aromatic rings. The Labute approximate surface area is 179 Å². The van der Waals surface area contributed by atoms with Crippen molar-refractivity contribution in [1.82, 2.24) is 9.88 Å². The van der Waals surface area contributed by atoms with Crippen molar-refractivity contribution in [3.05, 3.63) is 71.2 Å². The average molecular weight is 423 g/mol. The van der Waals surface area contributed by atoms with Crippen molar-refractivity contribution in [1.29, 1.82) is 0 Å². The fourth-order valence-corrected chi connectivity index (χ4v) is 4.92. The first kappa shape index (κ1) is 19.9. The summed E-state index contributed by atoms with van der Waals surface area (Å²) in [6.07, 6.45) is 3.60. The van der Waals surface area contributed by atoms with Crippen molar-refractivity contribution in [2.75, 3.05) is 19.3 Å². The SMILES string of the molecule is CSc1nc(C(=O)N2CCC[C@@H](C(=O)c3ccc(-c4ccccc4)cc3)C2)cs1. The number of nitrogens with zero attached hydrogens (tertiary/aromatic N) is 2. The molecule has 0 N–H and O–H groups in total. The molecular weight excluding hydrogens is 400 g/mol. The second-order valence-electron chi connectivity index (χ2n) is 7.10. The molecule has 1 atom stereocenters. The first-order valence-electron chi connectivity index (χ1n) is 9.64. The van der Waals surface area contributed by atoms with Crippen LogP contribution in [0.15, 0.2) is 64.3 Å². The number of thioether (sulfide) groups is 1. The number of hydrogen-bond donors (Lipinski definition) is 0. The van der Waals surface area contributed by atoms with Crippen molar-refractivity contribution >= 4 is 34.8 Å². The van der Waals surface area contributed by atoms with E-state index >= 15 is 0 Å². The van der Waals surface area contributed by atoms with E-state index in [1.165, 1.54) is 23.1 Å². The monoisotopic (exact) mass is 422 g/mol. The number of hydrogen-bond acceptors (Lipinski definition) is 5. The summed E-state index contributed by atoms with van der Waals surface area (Å²) in [5.74, 6) is -0.113. The number of aromatic nitrogens is 1. The van der Waals surface area contributed by atoms with Crippen LogP contribution in [0.2, 0.25) is 0 Å². The standard InChI is InChI=1S/C23H22N2O2S2/c1-28-23-24-20(15-29-23)22(27)25-13-5-8-19(14-25)21(26)18-11-9-17(10-12-18)16-6-3-2-4-7-16/h2-4,6-7,9-12,15,19H,5,8,13-14H2,1H3/t19-/m1/s1. The fourth-order valence-electron chi connectivity index (χ4n) is 3.68. The predicted molar refractivity (Wildman–Crippen MR) is 119 cm³/mol. The van der Waals surface area contributed by atoms with E-state index < -0.39 is 0 Å². The summed E-state index contributed by atoms with van der Waals surface area (Å²) >= 11 is 3.02. The molecule has 1 aliphatic rings. The summed E-state index contributed by atoms with van der Waals surface area (Å²) in [7, 11) is 0. The van der Waals surface area contributed by atoms with E-state index in [4.69, 9.17) is 0 Å². The van der Waals surface area contributed by atoms with Crippen LogP contribution in [-0.4, -0.2) is 40.9 Å². The third kappa shape index (κ3) is 4.43. The lowest BCUT2D eigenvalue weighted by Gasteiger charge is -2.31. The molecule has 148 valence electrons. The lowest BCUT2D eigenvalue weighted by molar-refractivity contribution is 0.0632. The predicted octanol–water partition coefficient (Wildman–Crippen LogP) is 5.27. The minimum Gasteiger partial charge on any atom is -0.337 e. The Kier molecular flexibility index (Phi) is 6.11. The first-order chi connectivity index (χ1) is 14.2. The molecule has 1 aliphatic heterocycles. The van der Waals surface area contributed by atoms with Crippen molar-refractivity contribution in [3.63, 3.8) is 0 Å². The Balaban J connectivity index is 1.45. The molecule has 1 aromatic heterocycles. The topological polar surface area (TPSA) is 50.3 Å². The lowest BCUT2D eigenvalue weighted by Crippen LogP contribution is -2.42. The van der Waals surface area contributed by atoms with Gasteiger partial charge >= 0.3 is 0 Å². The zero-order chi connectivity index (χ0) is 20.2. The van der Waals surface area contributed by atoms with Crippen LogP contribution in [0, 0.1) is 5.92 Å². The summed E-state index contributed by atoms with van der Waals surface area (Å²) in [6, 6.07) is 17.9. The van der Waals surface area contributed by atoms with E-state index in [1.54, 1.807) is 4.90 Å². The van der Waals surface area contributed by atoms with Crippen molar-refractivity contribution < 1.29 is 9.59 Å². The van der Waals surface area contributed by atoms with Crippen LogP contribution in [0.3, 0.4) is 0 Å². The van der Waals surface area contributed by atoms with Crippen molar-refractivity contribution in [2.24, 2.45) is 5.92 Å². The number of amides is 1. The van der Waals surface area contributed by atoms with E-state index in [1.807, 2.05) is 54.1 Å². The summed E-state index contributed by atoms with van der Waals surface area (Å²) in [5, 5.41) is 1.81. The lowest BCUT2D eigenvalue weighted by atomic mass is 9.89. The van der Waals surface area contributed by atoms with Crippen LogP contribution in [0.25, 0.3) is 11.1 Å². The molecular formula is C23H22N2O2S2. The minimum absolute atomic E-state index is 0.0709. The Morgan fingerprint density at radius 2 is 1.79 bits per heavy atom. The largest absolute Gasteiger partial charge is 0.337 e. The Morgan fingerprint density at radius 1 is 1.07 bits per heavy atom. The molecule has 6 heteroatoms. The second-order valence-corrected chi connectivity index (χ2v) is 9.01. The molecule has 0 saturated carbocycles. The Morgan fingerprint density at radius 3 is 2.48 bits per heavy atom.